The first-order valence-electron chi connectivity index (χ1n) is 14.1. The number of thiazole rings is 1. The van der Waals surface area contributed by atoms with E-state index in [1.165, 1.54) is 5.69 Å². The molecular weight excluding hydrogens is 534 g/mol. The molecule has 4 heterocycles. The molecule has 2 aromatic heterocycles. The number of piperazine rings is 1. The minimum atomic E-state index is -0.0350. The Morgan fingerprint density at radius 3 is 2.71 bits per heavy atom. The largest absolute Gasteiger partial charge is 0.369 e. The molecule has 2 aliphatic rings. The molecule has 2 aromatic carbocycles. The van der Waals surface area contributed by atoms with Gasteiger partial charge in [-0.3, -0.25) is 14.3 Å². The van der Waals surface area contributed by atoms with Gasteiger partial charge in [-0.2, -0.15) is 5.10 Å². The Hall–Kier alpha value is -4.02. The maximum absolute atomic E-state index is 13.1. The number of nitrogens with one attached hydrogen (secondary N) is 1. The lowest BCUT2D eigenvalue weighted by molar-refractivity contribution is -0.131. The summed E-state index contributed by atoms with van der Waals surface area (Å²) in [5.74, 6) is 0.0867. The number of fused-ring (bicyclic) bond motifs is 1. The number of aryl methyl sites for hydroxylation is 1. The van der Waals surface area contributed by atoms with Crippen LogP contribution < -0.4 is 10.2 Å². The zero-order chi connectivity index (χ0) is 28.3. The van der Waals surface area contributed by atoms with Gasteiger partial charge in [0, 0.05) is 101 Å². The van der Waals surface area contributed by atoms with Crippen LogP contribution in [0.2, 0.25) is 0 Å². The van der Waals surface area contributed by atoms with E-state index in [-0.39, 0.29) is 11.8 Å². The molecule has 10 heteroatoms. The van der Waals surface area contributed by atoms with Crippen molar-refractivity contribution in [2.75, 3.05) is 58.3 Å². The van der Waals surface area contributed by atoms with Crippen molar-refractivity contribution in [3.8, 4) is 11.1 Å². The van der Waals surface area contributed by atoms with Crippen LogP contribution >= 0.6 is 11.3 Å². The summed E-state index contributed by atoms with van der Waals surface area (Å²) in [6.07, 6.45) is 7.02. The molecule has 0 aliphatic carbocycles. The van der Waals surface area contributed by atoms with Crippen molar-refractivity contribution in [3.05, 3.63) is 71.5 Å². The van der Waals surface area contributed by atoms with Crippen LogP contribution in [-0.2, 0) is 11.3 Å². The standard InChI is InChI=1S/C31H35N7O2S/c1-35(2)31(40)24-19-26(22-6-3-8-25(18-22)36-16-11-32-12-17-36)29-27(20-24)41-30(34-29)23-7-4-13-37(21-23)28(39)9-15-38-14-5-10-33-38/h3,5-8,10,14,18-20,32H,4,9,11-13,15-17,21H2,1-2H3. The second-order valence-corrected chi connectivity index (χ2v) is 11.8. The third-order valence-electron chi connectivity index (χ3n) is 7.68. The van der Waals surface area contributed by atoms with E-state index in [0.717, 1.165) is 64.5 Å². The Labute approximate surface area is 244 Å². The van der Waals surface area contributed by atoms with Crippen LogP contribution in [0.25, 0.3) is 26.9 Å². The van der Waals surface area contributed by atoms with Crippen molar-refractivity contribution in [2.45, 2.75) is 19.4 Å². The van der Waals surface area contributed by atoms with Gasteiger partial charge < -0.3 is 20.0 Å². The van der Waals surface area contributed by atoms with Crippen LogP contribution in [0.5, 0.6) is 0 Å². The normalized spacial score (nSPS) is 15.7. The fourth-order valence-corrected chi connectivity index (χ4v) is 6.54. The quantitative estimate of drug-likeness (QED) is 0.363. The number of aromatic nitrogens is 3. The summed E-state index contributed by atoms with van der Waals surface area (Å²) >= 11 is 1.59. The van der Waals surface area contributed by atoms with Crippen molar-refractivity contribution in [1.29, 1.82) is 0 Å². The topological polar surface area (TPSA) is 86.6 Å². The molecule has 6 rings (SSSR count). The number of carbonyl (C=O) groups excluding carboxylic acids is 2. The molecule has 0 radical (unpaired) electrons. The van der Waals surface area contributed by atoms with Crippen molar-refractivity contribution in [2.24, 2.45) is 0 Å². The Morgan fingerprint density at radius 1 is 1.07 bits per heavy atom. The lowest BCUT2D eigenvalue weighted by Crippen LogP contribution is -2.43. The molecule has 2 amide bonds. The molecular formula is C31H35N7O2S. The zero-order valence-electron chi connectivity index (χ0n) is 23.5. The molecule has 2 aliphatic heterocycles. The number of hydrogen-bond acceptors (Lipinski definition) is 7. The summed E-state index contributed by atoms with van der Waals surface area (Å²) in [6.45, 7) is 5.67. The summed E-state index contributed by atoms with van der Waals surface area (Å²) in [5.41, 5.74) is 5.77. The Kier molecular flexibility index (Phi) is 7.84. The minimum Gasteiger partial charge on any atom is -0.369 e. The molecule has 4 aromatic rings. The third kappa shape index (κ3) is 5.89. The van der Waals surface area contributed by atoms with Crippen LogP contribution in [0, 0.1) is 0 Å². The number of nitrogens with zero attached hydrogens (tertiary/aromatic N) is 6. The highest BCUT2D eigenvalue weighted by atomic mass is 32.1. The predicted octanol–water partition coefficient (Wildman–Crippen LogP) is 3.98. The Bertz CT molecular complexity index is 1590. The molecule has 0 atom stereocenters. The van der Waals surface area contributed by atoms with Gasteiger partial charge in [0.2, 0.25) is 5.91 Å². The number of amides is 2. The highest BCUT2D eigenvalue weighted by Crippen LogP contribution is 2.37. The summed E-state index contributed by atoms with van der Waals surface area (Å²) in [6, 6.07) is 14.4. The molecule has 0 saturated carbocycles. The van der Waals surface area contributed by atoms with E-state index in [4.69, 9.17) is 4.98 Å². The number of rotatable bonds is 7. The molecule has 0 bridgehead atoms. The monoisotopic (exact) mass is 569 g/mol. The van der Waals surface area contributed by atoms with Gasteiger partial charge in [0.25, 0.3) is 5.91 Å². The molecule has 212 valence electrons. The Balaban J connectivity index is 1.32. The summed E-state index contributed by atoms with van der Waals surface area (Å²) < 4.78 is 2.76. The minimum absolute atomic E-state index is 0.0350. The second kappa shape index (κ2) is 11.8. The first-order valence-corrected chi connectivity index (χ1v) is 14.9. The highest BCUT2D eigenvalue weighted by Gasteiger charge is 2.23. The maximum Gasteiger partial charge on any atom is 0.253 e. The molecule has 0 spiro atoms. The number of carbonyl (C=O) groups is 2. The van der Waals surface area contributed by atoms with E-state index >= 15 is 0 Å². The van der Waals surface area contributed by atoms with Gasteiger partial charge in [-0.25, -0.2) is 4.98 Å². The molecule has 1 saturated heterocycles. The van der Waals surface area contributed by atoms with Gasteiger partial charge in [-0.05, 0) is 42.3 Å². The van der Waals surface area contributed by atoms with Crippen molar-refractivity contribution in [3.63, 3.8) is 0 Å². The maximum atomic E-state index is 13.1. The van der Waals surface area contributed by atoms with Crippen LogP contribution in [0.15, 0.2) is 60.9 Å². The van der Waals surface area contributed by atoms with E-state index in [9.17, 15) is 9.59 Å². The van der Waals surface area contributed by atoms with Crippen LogP contribution in [0.1, 0.15) is 28.2 Å². The number of benzene rings is 2. The first-order chi connectivity index (χ1) is 20.0. The Morgan fingerprint density at radius 2 is 1.93 bits per heavy atom. The van der Waals surface area contributed by atoms with Gasteiger partial charge >= 0.3 is 0 Å². The first kappa shape index (κ1) is 27.2. The fourth-order valence-electron chi connectivity index (χ4n) is 5.47. The lowest BCUT2D eigenvalue weighted by Gasteiger charge is -2.29. The fraction of sp³-hybridized carbons (Fsp3) is 0.355. The number of hydrogen-bond donors (Lipinski definition) is 1. The van der Waals surface area contributed by atoms with E-state index in [2.05, 4.69) is 45.7 Å². The smallest absolute Gasteiger partial charge is 0.253 e. The van der Waals surface area contributed by atoms with Crippen LogP contribution in [0.3, 0.4) is 0 Å². The van der Waals surface area contributed by atoms with Crippen LogP contribution in [-0.4, -0.2) is 89.7 Å². The highest BCUT2D eigenvalue weighted by molar-refractivity contribution is 7.19. The van der Waals surface area contributed by atoms with Gasteiger partial charge in [-0.15, -0.1) is 11.3 Å². The van der Waals surface area contributed by atoms with Crippen molar-refractivity contribution in [1.82, 2.24) is 29.9 Å². The average molecular weight is 570 g/mol. The predicted molar refractivity (Wildman–Crippen MR) is 164 cm³/mol. The molecule has 41 heavy (non-hydrogen) atoms. The lowest BCUT2D eigenvalue weighted by atomic mass is 10.00. The van der Waals surface area contributed by atoms with Gasteiger partial charge in [-0.1, -0.05) is 18.2 Å². The molecule has 9 nitrogen and oxygen atoms in total. The van der Waals surface area contributed by atoms with Crippen molar-refractivity contribution < 1.29 is 9.59 Å². The van der Waals surface area contributed by atoms with E-state index < -0.39 is 0 Å². The van der Waals surface area contributed by atoms with E-state index in [1.54, 1.807) is 41.2 Å². The van der Waals surface area contributed by atoms with Gasteiger partial charge in [0.1, 0.15) is 5.01 Å². The second-order valence-electron chi connectivity index (χ2n) is 10.7. The zero-order valence-corrected chi connectivity index (χ0v) is 24.4. The summed E-state index contributed by atoms with van der Waals surface area (Å²) in [4.78, 5) is 37.2. The molecule has 0 unspecified atom stereocenters. The van der Waals surface area contributed by atoms with E-state index in [0.29, 0.717) is 31.6 Å². The molecule has 1 fully saturated rings. The molecule has 1 N–H and O–H groups in total. The SMILES string of the molecule is CN(C)C(=O)c1cc(-c2cccc(N3CCNCC3)c2)c2nc(C3=CCCN(C(=O)CCn4cccn4)C3)sc2c1. The van der Waals surface area contributed by atoms with Gasteiger partial charge in [0.05, 0.1) is 10.2 Å². The van der Waals surface area contributed by atoms with E-state index in [1.807, 2.05) is 29.3 Å². The summed E-state index contributed by atoms with van der Waals surface area (Å²) in [7, 11) is 3.56. The van der Waals surface area contributed by atoms with Gasteiger partial charge in [0.15, 0.2) is 0 Å². The average Bonchev–Trinajstić information content (AvgIpc) is 3.70. The van der Waals surface area contributed by atoms with Crippen LogP contribution in [0.4, 0.5) is 5.69 Å². The van der Waals surface area contributed by atoms with Crippen molar-refractivity contribution >= 4 is 44.6 Å². The number of anilines is 1. The summed E-state index contributed by atoms with van der Waals surface area (Å²) in [5, 5.41) is 8.53. The third-order valence-corrected chi connectivity index (χ3v) is 8.76.